The third-order valence-corrected chi connectivity index (χ3v) is 3.68. The number of nitrogen functional groups attached to an aromatic ring is 1. The predicted octanol–water partition coefficient (Wildman–Crippen LogP) is 2.52. The van der Waals surface area contributed by atoms with Crippen molar-refractivity contribution in [3.8, 4) is 10.6 Å². The van der Waals surface area contributed by atoms with E-state index in [1.165, 1.54) is 0 Å². The first-order valence-corrected chi connectivity index (χ1v) is 7.00. The maximum Gasteiger partial charge on any atom is 0.262 e. The molecule has 3 N–H and O–H groups in total. The molecule has 0 aromatic carbocycles. The Hall–Kier alpha value is -1.88. The fourth-order valence-corrected chi connectivity index (χ4v) is 2.73. The minimum atomic E-state index is -0.188. The molecule has 0 amide bonds. The summed E-state index contributed by atoms with van der Waals surface area (Å²) in [5.41, 5.74) is 6.42. The molecule has 2 aromatic rings. The molecule has 0 aliphatic carbocycles. The Balaban J connectivity index is 2.65. The Bertz CT molecular complexity index is 641. The van der Waals surface area contributed by atoms with Crippen LogP contribution in [0.4, 0.5) is 0 Å². The van der Waals surface area contributed by atoms with Crippen LogP contribution in [0.1, 0.15) is 19.4 Å². The van der Waals surface area contributed by atoms with Gasteiger partial charge in [-0.2, -0.15) is 0 Å². The Morgan fingerprint density at radius 1 is 1.42 bits per heavy atom. The molecule has 4 nitrogen and oxygen atoms in total. The van der Waals surface area contributed by atoms with E-state index in [2.05, 4.69) is 13.8 Å². The monoisotopic (exact) mass is 275 g/mol. The molecule has 0 aliphatic heterocycles. The molecule has 2 rings (SSSR count). The summed E-state index contributed by atoms with van der Waals surface area (Å²) in [6.07, 6.45) is 0. The lowest BCUT2D eigenvalue weighted by Crippen LogP contribution is -2.31. The standard InChI is InChI=1S/C14H17N3OS/c1-9(2)8-17-11(12-4-3-7-19-12)6-5-10(13(15)16)14(17)18/h3-7,9H,8H2,1-2H3,(H3,15,16). The van der Waals surface area contributed by atoms with Crippen LogP contribution < -0.4 is 11.3 Å². The molecular weight excluding hydrogens is 258 g/mol. The summed E-state index contributed by atoms with van der Waals surface area (Å²) in [6.45, 7) is 4.74. The van der Waals surface area contributed by atoms with E-state index in [1.54, 1.807) is 22.0 Å². The van der Waals surface area contributed by atoms with Crippen molar-refractivity contribution in [3.05, 3.63) is 45.6 Å². The van der Waals surface area contributed by atoms with Crippen LogP contribution in [-0.2, 0) is 6.54 Å². The number of nitrogens with two attached hydrogens (primary N) is 1. The van der Waals surface area contributed by atoms with Crippen molar-refractivity contribution < 1.29 is 0 Å². The van der Waals surface area contributed by atoms with Crippen molar-refractivity contribution in [3.63, 3.8) is 0 Å². The van der Waals surface area contributed by atoms with E-state index in [-0.39, 0.29) is 17.0 Å². The molecule has 0 spiro atoms. The summed E-state index contributed by atoms with van der Waals surface area (Å²) in [4.78, 5) is 13.5. The van der Waals surface area contributed by atoms with Crippen LogP contribution in [0.3, 0.4) is 0 Å². The van der Waals surface area contributed by atoms with E-state index in [4.69, 9.17) is 11.1 Å². The Morgan fingerprint density at radius 3 is 2.68 bits per heavy atom. The molecular formula is C14H17N3OS. The fourth-order valence-electron chi connectivity index (χ4n) is 1.97. The van der Waals surface area contributed by atoms with Crippen LogP contribution in [0, 0.1) is 11.3 Å². The molecule has 2 aromatic heterocycles. The summed E-state index contributed by atoms with van der Waals surface area (Å²) in [5, 5.41) is 9.45. The molecule has 0 unspecified atom stereocenters. The smallest absolute Gasteiger partial charge is 0.262 e. The zero-order valence-electron chi connectivity index (χ0n) is 11.0. The highest BCUT2D eigenvalue weighted by Gasteiger charge is 2.13. The zero-order chi connectivity index (χ0) is 14.0. The van der Waals surface area contributed by atoms with Crippen LogP contribution in [0.15, 0.2) is 34.4 Å². The average Bonchev–Trinajstić information content (AvgIpc) is 2.84. The van der Waals surface area contributed by atoms with Crippen molar-refractivity contribution in [2.45, 2.75) is 20.4 Å². The topological polar surface area (TPSA) is 71.9 Å². The minimum Gasteiger partial charge on any atom is -0.384 e. The van der Waals surface area contributed by atoms with Crippen molar-refractivity contribution in [2.75, 3.05) is 0 Å². The zero-order valence-corrected chi connectivity index (χ0v) is 11.8. The third-order valence-electron chi connectivity index (χ3n) is 2.79. The second-order valence-corrected chi connectivity index (χ2v) is 5.78. The van der Waals surface area contributed by atoms with E-state index in [0.717, 1.165) is 10.6 Å². The molecule has 100 valence electrons. The van der Waals surface area contributed by atoms with Gasteiger partial charge in [0.1, 0.15) is 5.84 Å². The second kappa shape index (κ2) is 5.40. The second-order valence-electron chi connectivity index (χ2n) is 4.83. The highest BCUT2D eigenvalue weighted by atomic mass is 32.1. The van der Waals surface area contributed by atoms with Gasteiger partial charge in [0, 0.05) is 6.54 Å². The lowest BCUT2D eigenvalue weighted by Gasteiger charge is -2.15. The van der Waals surface area contributed by atoms with E-state index in [9.17, 15) is 4.79 Å². The Morgan fingerprint density at radius 2 is 2.16 bits per heavy atom. The highest BCUT2D eigenvalue weighted by Crippen LogP contribution is 2.24. The number of rotatable bonds is 4. The fraction of sp³-hybridized carbons (Fsp3) is 0.286. The normalized spacial score (nSPS) is 10.9. The summed E-state index contributed by atoms with van der Waals surface area (Å²) in [6, 6.07) is 7.45. The third kappa shape index (κ3) is 2.76. The van der Waals surface area contributed by atoms with Crippen LogP contribution in [0.25, 0.3) is 10.6 Å². The first-order chi connectivity index (χ1) is 9.00. The van der Waals surface area contributed by atoms with Crippen molar-refractivity contribution in [1.29, 1.82) is 5.41 Å². The molecule has 2 heterocycles. The molecule has 0 bridgehead atoms. The number of aromatic nitrogens is 1. The molecule has 0 atom stereocenters. The van der Waals surface area contributed by atoms with Gasteiger partial charge in [-0.1, -0.05) is 19.9 Å². The molecule has 0 saturated heterocycles. The van der Waals surface area contributed by atoms with E-state index in [1.807, 2.05) is 23.6 Å². The van der Waals surface area contributed by atoms with Gasteiger partial charge < -0.3 is 10.3 Å². The minimum absolute atomic E-state index is 0.180. The van der Waals surface area contributed by atoms with Crippen LogP contribution in [0.5, 0.6) is 0 Å². The lowest BCUT2D eigenvalue weighted by molar-refractivity contribution is 0.515. The first kappa shape index (κ1) is 13.5. The van der Waals surface area contributed by atoms with E-state index >= 15 is 0 Å². The largest absolute Gasteiger partial charge is 0.384 e. The Labute approximate surface area is 116 Å². The average molecular weight is 275 g/mol. The van der Waals surface area contributed by atoms with Crippen molar-refractivity contribution in [1.82, 2.24) is 4.57 Å². The van der Waals surface area contributed by atoms with Crippen LogP contribution >= 0.6 is 11.3 Å². The van der Waals surface area contributed by atoms with E-state index in [0.29, 0.717) is 12.5 Å². The van der Waals surface area contributed by atoms with Crippen molar-refractivity contribution >= 4 is 17.2 Å². The summed E-state index contributed by atoms with van der Waals surface area (Å²) >= 11 is 1.60. The van der Waals surface area contributed by atoms with Gasteiger partial charge in [0.2, 0.25) is 0 Å². The van der Waals surface area contributed by atoms with E-state index < -0.39 is 0 Å². The van der Waals surface area contributed by atoms with Gasteiger partial charge in [-0.25, -0.2) is 0 Å². The van der Waals surface area contributed by atoms with Gasteiger partial charge in [-0.3, -0.25) is 10.2 Å². The van der Waals surface area contributed by atoms with Gasteiger partial charge in [-0.05, 0) is 29.5 Å². The number of nitrogens with zero attached hydrogens (tertiary/aromatic N) is 1. The number of hydrogen-bond donors (Lipinski definition) is 2. The number of nitrogens with one attached hydrogen (secondary N) is 1. The molecule has 5 heteroatoms. The quantitative estimate of drug-likeness (QED) is 0.664. The molecule has 0 radical (unpaired) electrons. The van der Waals surface area contributed by atoms with Gasteiger partial charge >= 0.3 is 0 Å². The lowest BCUT2D eigenvalue weighted by atomic mass is 10.1. The number of thiophene rings is 1. The molecule has 19 heavy (non-hydrogen) atoms. The Kier molecular flexibility index (Phi) is 3.85. The van der Waals surface area contributed by atoms with Gasteiger partial charge in [0.25, 0.3) is 5.56 Å². The first-order valence-electron chi connectivity index (χ1n) is 6.13. The molecule has 0 saturated carbocycles. The number of amidine groups is 1. The number of hydrogen-bond acceptors (Lipinski definition) is 3. The SMILES string of the molecule is CC(C)Cn1c(-c2cccs2)ccc(C(=N)N)c1=O. The maximum atomic E-state index is 12.4. The van der Waals surface area contributed by atoms with Gasteiger partial charge in [0.05, 0.1) is 16.1 Å². The van der Waals surface area contributed by atoms with Crippen molar-refractivity contribution in [2.24, 2.45) is 11.7 Å². The van der Waals surface area contributed by atoms with Crippen LogP contribution in [0.2, 0.25) is 0 Å². The maximum absolute atomic E-state index is 12.4. The van der Waals surface area contributed by atoms with Gasteiger partial charge in [-0.15, -0.1) is 11.3 Å². The highest BCUT2D eigenvalue weighted by molar-refractivity contribution is 7.13. The van der Waals surface area contributed by atoms with Crippen LogP contribution in [-0.4, -0.2) is 10.4 Å². The summed E-state index contributed by atoms with van der Waals surface area (Å²) in [7, 11) is 0. The number of pyridine rings is 1. The summed E-state index contributed by atoms with van der Waals surface area (Å²) < 4.78 is 1.72. The predicted molar refractivity (Wildman–Crippen MR) is 79.9 cm³/mol. The van der Waals surface area contributed by atoms with Gasteiger partial charge in [0.15, 0.2) is 0 Å². The molecule has 0 fully saturated rings. The molecule has 0 aliphatic rings. The summed E-state index contributed by atoms with van der Waals surface area (Å²) in [5.74, 6) is 0.166.